The van der Waals surface area contributed by atoms with Gasteiger partial charge in [0.25, 0.3) is 5.91 Å². The van der Waals surface area contributed by atoms with Crippen LogP contribution in [0.25, 0.3) is 0 Å². The summed E-state index contributed by atoms with van der Waals surface area (Å²) in [6.45, 7) is 4.31. The number of carbonyl (C=O) groups is 1. The molecule has 25 heavy (non-hydrogen) atoms. The van der Waals surface area contributed by atoms with Gasteiger partial charge in [0, 0.05) is 6.07 Å². The molecule has 0 radical (unpaired) electrons. The van der Waals surface area contributed by atoms with Crippen LogP contribution >= 0.6 is 0 Å². The van der Waals surface area contributed by atoms with E-state index >= 15 is 0 Å². The highest BCUT2D eigenvalue weighted by atomic mass is 16.5. The Morgan fingerprint density at radius 2 is 1.96 bits per heavy atom. The number of hydrogen-bond acceptors (Lipinski definition) is 3. The normalized spacial score (nSPS) is 11.8. The van der Waals surface area contributed by atoms with Gasteiger partial charge in [-0.05, 0) is 37.1 Å². The second-order valence-corrected chi connectivity index (χ2v) is 5.93. The van der Waals surface area contributed by atoms with Gasteiger partial charge in [0.2, 0.25) is 0 Å². The predicted octanol–water partition coefficient (Wildman–Crippen LogP) is 3.65. The minimum Gasteiger partial charge on any atom is -0.481 e. The molecule has 0 saturated heterocycles. The van der Waals surface area contributed by atoms with E-state index in [1.165, 1.54) is 0 Å². The molecule has 0 fully saturated rings. The first-order valence-electron chi connectivity index (χ1n) is 8.22. The molecule has 0 aliphatic rings. The Morgan fingerprint density at radius 3 is 2.72 bits per heavy atom. The van der Waals surface area contributed by atoms with Crippen molar-refractivity contribution in [3.8, 4) is 5.75 Å². The predicted molar refractivity (Wildman–Crippen MR) is 97.7 cm³/mol. The van der Waals surface area contributed by atoms with Crippen LogP contribution in [0.15, 0.2) is 66.9 Å². The van der Waals surface area contributed by atoms with Crippen LogP contribution in [-0.2, 0) is 11.3 Å². The van der Waals surface area contributed by atoms with Crippen molar-refractivity contribution >= 4 is 11.7 Å². The maximum absolute atomic E-state index is 12.4. The summed E-state index contributed by atoms with van der Waals surface area (Å²) in [5, 5.41) is 7.16. The lowest BCUT2D eigenvalue weighted by molar-refractivity contribution is -0.122. The van der Waals surface area contributed by atoms with Crippen LogP contribution in [0.3, 0.4) is 0 Å². The molecule has 0 unspecified atom stereocenters. The van der Waals surface area contributed by atoms with E-state index in [9.17, 15) is 4.79 Å². The Bertz CT molecular complexity index is 843. The summed E-state index contributed by atoms with van der Waals surface area (Å²) in [4.78, 5) is 12.4. The molecule has 0 aliphatic carbocycles. The molecule has 1 amide bonds. The van der Waals surface area contributed by atoms with Crippen LogP contribution in [0.4, 0.5) is 5.82 Å². The molecule has 5 nitrogen and oxygen atoms in total. The Hall–Kier alpha value is -3.08. The van der Waals surface area contributed by atoms with E-state index in [0.717, 1.165) is 11.1 Å². The standard InChI is InChI=1S/C20H21N3O2/c1-15-7-6-10-18(13-15)25-16(2)20(24)22-19-11-12-21-23(19)14-17-8-4-3-5-9-17/h3-13,16H,14H2,1-2H3,(H,22,24)/t16-/m0/s1. The van der Waals surface area contributed by atoms with Crippen LogP contribution in [0, 0.1) is 6.92 Å². The molecule has 0 aliphatic heterocycles. The Kier molecular flexibility index (Phi) is 5.14. The number of ether oxygens (including phenoxy) is 1. The maximum Gasteiger partial charge on any atom is 0.266 e. The van der Waals surface area contributed by atoms with Crippen molar-refractivity contribution < 1.29 is 9.53 Å². The Balaban J connectivity index is 1.64. The van der Waals surface area contributed by atoms with Crippen molar-refractivity contribution in [3.63, 3.8) is 0 Å². The Morgan fingerprint density at radius 1 is 1.16 bits per heavy atom. The number of nitrogens with one attached hydrogen (secondary N) is 1. The van der Waals surface area contributed by atoms with Gasteiger partial charge in [-0.15, -0.1) is 0 Å². The molecular weight excluding hydrogens is 314 g/mol. The van der Waals surface area contributed by atoms with Gasteiger partial charge in [0.15, 0.2) is 6.10 Å². The minimum atomic E-state index is -0.609. The zero-order valence-corrected chi connectivity index (χ0v) is 14.3. The van der Waals surface area contributed by atoms with Gasteiger partial charge in [-0.3, -0.25) is 4.79 Å². The minimum absolute atomic E-state index is 0.212. The quantitative estimate of drug-likeness (QED) is 0.748. The second-order valence-electron chi connectivity index (χ2n) is 5.93. The fourth-order valence-corrected chi connectivity index (χ4v) is 2.50. The largest absolute Gasteiger partial charge is 0.481 e. The van der Waals surface area contributed by atoms with Crippen molar-refractivity contribution in [2.24, 2.45) is 0 Å². The average Bonchev–Trinajstić information content (AvgIpc) is 3.02. The summed E-state index contributed by atoms with van der Waals surface area (Å²) < 4.78 is 7.48. The number of aryl methyl sites for hydroxylation is 1. The van der Waals surface area contributed by atoms with E-state index < -0.39 is 6.10 Å². The highest BCUT2D eigenvalue weighted by molar-refractivity contribution is 5.93. The van der Waals surface area contributed by atoms with E-state index in [1.54, 1.807) is 23.9 Å². The van der Waals surface area contributed by atoms with E-state index in [0.29, 0.717) is 18.1 Å². The third-order valence-corrected chi connectivity index (χ3v) is 3.81. The number of benzene rings is 2. The number of nitrogens with zero attached hydrogens (tertiary/aromatic N) is 2. The van der Waals surface area contributed by atoms with Gasteiger partial charge in [-0.2, -0.15) is 5.10 Å². The number of carbonyl (C=O) groups excluding carboxylic acids is 1. The van der Waals surface area contributed by atoms with E-state index in [2.05, 4.69) is 10.4 Å². The smallest absolute Gasteiger partial charge is 0.266 e. The second kappa shape index (κ2) is 7.66. The first-order valence-corrected chi connectivity index (χ1v) is 8.22. The molecule has 2 aromatic carbocycles. The molecule has 1 N–H and O–H groups in total. The molecule has 5 heteroatoms. The molecule has 1 aromatic heterocycles. The number of anilines is 1. The number of amides is 1. The van der Waals surface area contributed by atoms with Gasteiger partial charge in [-0.25, -0.2) is 4.68 Å². The topological polar surface area (TPSA) is 56.1 Å². The van der Waals surface area contributed by atoms with Crippen LogP contribution in [0.1, 0.15) is 18.1 Å². The zero-order valence-electron chi connectivity index (χ0n) is 14.3. The van der Waals surface area contributed by atoms with E-state index in [4.69, 9.17) is 4.74 Å². The lowest BCUT2D eigenvalue weighted by Gasteiger charge is -2.15. The van der Waals surface area contributed by atoms with Crippen molar-refractivity contribution in [2.45, 2.75) is 26.5 Å². The molecule has 128 valence electrons. The summed E-state index contributed by atoms with van der Waals surface area (Å²) >= 11 is 0. The van der Waals surface area contributed by atoms with Crippen molar-refractivity contribution in [1.29, 1.82) is 0 Å². The van der Waals surface area contributed by atoms with Crippen LogP contribution < -0.4 is 10.1 Å². The lowest BCUT2D eigenvalue weighted by atomic mass is 10.2. The Labute approximate surface area is 147 Å². The van der Waals surface area contributed by atoms with Crippen LogP contribution in [0.2, 0.25) is 0 Å². The van der Waals surface area contributed by atoms with Gasteiger partial charge in [0.05, 0.1) is 12.7 Å². The van der Waals surface area contributed by atoms with Gasteiger partial charge in [-0.1, -0.05) is 42.5 Å². The molecule has 3 aromatic rings. The van der Waals surface area contributed by atoms with Gasteiger partial charge < -0.3 is 10.1 Å². The number of hydrogen-bond donors (Lipinski definition) is 1. The summed E-state index contributed by atoms with van der Waals surface area (Å²) in [6, 6.07) is 19.4. The average molecular weight is 335 g/mol. The third-order valence-electron chi connectivity index (χ3n) is 3.81. The molecule has 0 saturated carbocycles. The number of aromatic nitrogens is 2. The van der Waals surface area contributed by atoms with Crippen molar-refractivity contribution in [2.75, 3.05) is 5.32 Å². The fourth-order valence-electron chi connectivity index (χ4n) is 2.50. The summed E-state index contributed by atoms with van der Waals surface area (Å²) in [5.41, 5.74) is 2.21. The first-order chi connectivity index (χ1) is 12.1. The summed E-state index contributed by atoms with van der Waals surface area (Å²) in [6.07, 6.45) is 1.06. The van der Waals surface area contributed by atoms with E-state index in [-0.39, 0.29) is 5.91 Å². The van der Waals surface area contributed by atoms with Gasteiger partial charge >= 0.3 is 0 Å². The maximum atomic E-state index is 12.4. The SMILES string of the molecule is Cc1cccc(O[C@@H](C)C(=O)Nc2ccnn2Cc2ccccc2)c1. The summed E-state index contributed by atoms with van der Waals surface area (Å²) in [5.74, 6) is 1.12. The lowest BCUT2D eigenvalue weighted by Crippen LogP contribution is -2.31. The monoisotopic (exact) mass is 335 g/mol. The van der Waals surface area contributed by atoms with Gasteiger partial charge in [0.1, 0.15) is 11.6 Å². The highest BCUT2D eigenvalue weighted by Crippen LogP contribution is 2.16. The first kappa shape index (κ1) is 16.8. The van der Waals surface area contributed by atoms with Crippen molar-refractivity contribution in [3.05, 3.63) is 78.0 Å². The summed E-state index contributed by atoms with van der Waals surface area (Å²) in [7, 11) is 0. The molecule has 0 spiro atoms. The molecular formula is C20H21N3O2. The van der Waals surface area contributed by atoms with Crippen LogP contribution in [-0.4, -0.2) is 21.8 Å². The van der Waals surface area contributed by atoms with Crippen LogP contribution in [0.5, 0.6) is 5.75 Å². The zero-order chi connectivity index (χ0) is 17.6. The third kappa shape index (κ3) is 4.47. The van der Waals surface area contributed by atoms with E-state index in [1.807, 2.05) is 61.5 Å². The molecule has 3 rings (SSSR count). The fraction of sp³-hybridized carbons (Fsp3) is 0.200. The molecule has 1 atom stereocenters. The number of rotatable bonds is 6. The van der Waals surface area contributed by atoms with Crippen molar-refractivity contribution in [1.82, 2.24) is 9.78 Å². The highest BCUT2D eigenvalue weighted by Gasteiger charge is 2.17. The molecule has 1 heterocycles. The molecule has 0 bridgehead atoms.